The Balaban J connectivity index is 1.86. The third kappa shape index (κ3) is 4.00. The Morgan fingerprint density at radius 3 is 2.71 bits per heavy atom. The zero-order valence-corrected chi connectivity index (χ0v) is 11.6. The van der Waals surface area contributed by atoms with Crippen molar-refractivity contribution in [2.75, 3.05) is 0 Å². The Labute approximate surface area is 121 Å². The first-order valence-corrected chi connectivity index (χ1v) is 6.85. The van der Waals surface area contributed by atoms with Gasteiger partial charge in [0.25, 0.3) is 0 Å². The summed E-state index contributed by atoms with van der Waals surface area (Å²) < 4.78 is 26.0. The molecule has 0 saturated heterocycles. The van der Waals surface area contributed by atoms with Crippen LogP contribution in [-0.4, -0.2) is 23.0 Å². The molecule has 6 heteroatoms. The van der Waals surface area contributed by atoms with E-state index in [1.165, 1.54) is 6.07 Å². The lowest BCUT2D eigenvalue weighted by Gasteiger charge is -2.12. The van der Waals surface area contributed by atoms with Crippen LogP contribution in [0.5, 0.6) is 0 Å². The molecule has 2 rings (SSSR count). The molecule has 0 heterocycles. The van der Waals surface area contributed by atoms with E-state index in [9.17, 15) is 18.4 Å². The van der Waals surface area contributed by atoms with Gasteiger partial charge in [-0.25, -0.2) is 8.78 Å². The minimum absolute atomic E-state index is 0.00127. The van der Waals surface area contributed by atoms with Crippen molar-refractivity contribution in [3.63, 3.8) is 0 Å². The maximum atomic E-state index is 13.2. The maximum Gasteiger partial charge on any atom is 0.303 e. The van der Waals surface area contributed by atoms with E-state index in [4.69, 9.17) is 5.11 Å². The van der Waals surface area contributed by atoms with Crippen molar-refractivity contribution in [1.82, 2.24) is 5.32 Å². The number of carbonyl (C=O) groups is 2. The fourth-order valence-corrected chi connectivity index (χ4v) is 2.36. The van der Waals surface area contributed by atoms with Crippen LogP contribution in [0.3, 0.4) is 0 Å². The van der Waals surface area contributed by atoms with E-state index in [1.54, 1.807) is 6.92 Å². The minimum atomic E-state index is -0.909. The van der Waals surface area contributed by atoms with Crippen LogP contribution in [0.15, 0.2) is 18.2 Å². The van der Waals surface area contributed by atoms with Gasteiger partial charge in [0.2, 0.25) is 5.91 Å². The summed E-state index contributed by atoms with van der Waals surface area (Å²) in [4.78, 5) is 22.4. The van der Waals surface area contributed by atoms with Crippen molar-refractivity contribution in [3.05, 3.63) is 35.4 Å². The van der Waals surface area contributed by atoms with Gasteiger partial charge < -0.3 is 10.4 Å². The lowest BCUT2D eigenvalue weighted by Crippen LogP contribution is -2.34. The van der Waals surface area contributed by atoms with Gasteiger partial charge in [-0.3, -0.25) is 9.59 Å². The second kappa shape index (κ2) is 6.20. The van der Waals surface area contributed by atoms with Crippen molar-refractivity contribution < 1.29 is 23.5 Å². The lowest BCUT2D eigenvalue weighted by molar-refractivity contribution is -0.137. The maximum absolute atomic E-state index is 13.2. The number of hydrogen-bond acceptors (Lipinski definition) is 2. The van der Waals surface area contributed by atoms with Crippen LogP contribution in [0.2, 0.25) is 0 Å². The number of benzene rings is 1. The van der Waals surface area contributed by atoms with Gasteiger partial charge >= 0.3 is 5.97 Å². The van der Waals surface area contributed by atoms with Gasteiger partial charge in [0.1, 0.15) is 0 Å². The fourth-order valence-electron chi connectivity index (χ4n) is 2.36. The predicted octanol–water partition coefficient (Wildman–Crippen LogP) is 2.44. The van der Waals surface area contributed by atoms with Crippen LogP contribution >= 0.6 is 0 Å². The quantitative estimate of drug-likeness (QED) is 0.847. The van der Waals surface area contributed by atoms with Gasteiger partial charge in [0.05, 0.1) is 0 Å². The topological polar surface area (TPSA) is 66.4 Å². The average Bonchev–Trinajstić information content (AvgIpc) is 3.20. The number of rotatable bonds is 6. The van der Waals surface area contributed by atoms with Crippen LogP contribution in [-0.2, 0) is 9.59 Å². The molecule has 1 aromatic rings. The standard InChI is InChI=1S/C15H17F2NO3/c1-8(2-5-14(19)20)18-15(21)11-7-10(11)9-3-4-12(16)13(17)6-9/h3-4,6,8,10-11H,2,5,7H2,1H3,(H,18,21)(H,19,20). The van der Waals surface area contributed by atoms with E-state index in [0.29, 0.717) is 18.4 Å². The molecule has 0 spiro atoms. The highest BCUT2D eigenvalue weighted by Crippen LogP contribution is 2.47. The molecule has 3 atom stereocenters. The summed E-state index contributed by atoms with van der Waals surface area (Å²) in [6, 6.07) is 3.46. The normalized spacial score (nSPS) is 21.7. The van der Waals surface area contributed by atoms with Gasteiger partial charge in [-0.15, -0.1) is 0 Å². The average molecular weight is 297 g/mol. The van der Waals surface area contributed by atoms with Gasteiger partial charge in [-0.05, 0) is 43.4 Å². The summed E-state index contributed by atoms with van der Waals surface area (Å²) in [5, 5.41) is 11.3. The zero-order valence-electron chi connectivity index (χ0n) is 11.6. The summed E-state index contributed by atoms with van der Waals surface area (Å²) >= 11 is 0. The Morgan fingerprint density at radius 2 is 2.10 bits per heavy atom. The summed E-state index contributed by atoms with van der Waals surface area (Å²) in [5.41, 5.74) is 0.618. The highest BCUT2D eigenvalue weighted by atomic mass is 19.2. The minimum Gasteiger partial charge on any atom is -0.481 e. The number of amides is 1. The first kappa shape index (κ1) is 15.4. The molecular formula is C15H17F2NO3. The zero-order chi connectivity index (χ0) is 15.6. The Bertz CT molecular complexity index is 562. The van der Waals surface area contributed by atoms with E-state index in [0.717, 1.165) is 12.1 Å². The van der Waals surface area contributed by atoms with Crippen LogP contribution in [0.4, 0.5) is 8.78 Å². The monoisotopic (exact) mass is 297 g/mol. The second-order valence-electron chi connectivity index (χ2n) is 5.46. The molecule has 21 heavy (non-hydrogen) atoms. The highest BCUT2D eigenvalue weighted by molar-refractivity contribution is 5.83. The largest absolute Gasteiger partial charge is 0.481 e. The molecule has 0 aliphatic heterocycles. The SMILES string of the molecule is CC(CCC(=O)O)NC(=O)C1CC1c1ccc(F)c(F)c1. The van der Waals surface area contributed by atoms with Crippen LogP contribution in [0.1, 0.15) is 37.7 Å². The number of nitrogens with one attached hydrogen (secondary N) is 1. The van der Waals surface area contributed by atoms with Gasteiger partial charge in [0, 0.05) is 18.4 Å². The van der Waals surface area contributed by atoms with Crippen molar-refractivity contribution >= 4 is 11.9 Å². The summed E-state index contributed by atoms with van der Waals surface area (Å²) in [5.74, 6) is -3.21. The highest BCUT2D eigenvalue weighted by Gasteiger charge is 2.44. The van der Waals surface area contributed by atoms with E-state index < -0.39 is 17.6 Å². The van der Waals surface area contributed by atoms with E-state index in [2.05, 4.69) is 5.32 Å². The molecule has 1 aromatic carbocycles. The van der Waals surface area contributed by atoms with E-state index >= 15 is 0 Å². The summed E-state index contributed by atoms with van der Waals surface area (Å²) in [6.07, 6.45) is 0.963. The molecule has 114 valence electrons. The molecule has 3 unspecified atom stereocenters. The molecule has 1 fully saturated rings. The van der Waals surface area contributed by atoms with Crippen molar-refractivity contribution in [2.24, 2.45) is 5.92 Å². The smallest absolute Gasteiger partial charge is 0.303 e. The molecule has 1 saturated carbocycles. The van der Waals surface area contributed by atoms with Crippen molar-refractivity contribution in [1.29, 1.82) is 0 Å². The fraction of sp³-hybridized carbons (Fsp3) is 0.467. The number of carboxylic acid groups (broad SMARTS) is 1. The van der Waals surface area contributed by atoms with Crippen LogP contribution < -0.4 is 5.32 Å². The van der Waals surface area contributed by atoms with Crippen LogP contribution in [0, 0.1) is 17.6 Å². The van der Waals surface area contributed by atoms with Gasteiger partial charge in [0.15, 0.2) is 11.6 Å². The van der Waals surface area contributed by atoms with Gasteiger partial charge in [-0.2, -0.15) is 0 Å². The Hall–Kier alpha value is -1.98. The summed E-state index contributed by atoms with van der Waals surface area (Å²) in [7, 11) is 0. The first-order valence-electron chi connectivity index (χ1n) is 6.85. The Morgan fingerprint density at radius 1 is 1.38 bits per heavy atom. The molecule has 1 aliphatic rings. The predicted molar refractivity (Wildman–Crippen MR) is 71.7 cm³/mol. The Kier molecular flexibility index (Phi) is 4.55. The first-order chi connectivity index (χ1) is 9.88. The molecule has 0 radical (unpaired) electrons. The number of hydrogen-bond donors (Lipinski definition) is 2. The van der Waals surface area contributed by atoms with Crippen molar-refractivity contribution in [2.45, 2.75) is 38.1 Å². The van der Waals surface area contributed by atoms with Crippen molar-refractivity contribution in [3.8, 4) is 0 Å². The molecule has 1 amide bonds. The molecule has 4 nitrogen and oxygen atoms in total. The number of aliphatic carboxylic acids is 1. The third-order valence-electron chi connectivity index (χ3n) is 3.68. The van der Waals surface area contributed by atoms with Gasteiger partial charge in [-0.1, -0.05) is 6.07 Å². The number of carboxylic acids is 1. The molecule has 0 aromatic heterocycles. The third-order valence-corrected chi connectivity index (χ3v) is 3.68. The van der Waals surface area contributed by atoms with E-state index in [1.807, 2.05) is 0 Å². The van der Waals surface area contributed by atoms with Crippen LogP contribution in [0.25, 0.3) is 0 Å². The second-order valence-corrected chi connectivity index (χ2v) is 5.46. The summed E-state index contributed by atoms with van der Waals surface area (Å²) in [6.45, 7) is 1.75. The molecule has 2 N–H and O–H groups in total. The lowest BCUT2D eigenvalue weighted by atomic mass is 10.1. The number of carbonyl (C=O) groups excluding carboxylic acids is 1. The molecule has 1 aliphatic carbocycles. The number of halogens is 2. The molecule has 0 bridgehead atoms. The molecular weight excluding hydrogens is 280 g/mol. The van der Waals surface area contributed by atoms with E-state index in [-0.39, 0.29) is 30.2 Å².